The van der Waals surface area contributed by atoms with Crippen molar-refractivity contribution in [1.29, 1.82) is 0 Å². The maximum atomic E-state index is 12.3. The van der Waals surface area contributed by atoms with Crippen LogP contribution >= 0.6 is 11.3 Å². The molecule has 1 saturated carbocycles. The Kier molecular flexibility index (Phi) is 4.39. The number of hydrogen-bond donors (Lipinski definition) is 0. The lowest BCUT2D eigenvalue weighted by Crippen LogP contribution is -2.67. The second-order valence-corrected chi connectivity index (χ2v) is 7.88. The monoisotopic (exact) mass is 336 g/mol. The molecular formula is C17H24N2O3S. The SMILES string of the molecule is O=C(c1cscn1)N1CC2(C[C@@H](OCC3CCCC3)CCO2)C1. The zero-order valence-corrected chi connectivity index (χ0v) is 14.2. The fraction of sp³-hybridized carbons (Fsp3) is 0.765. The van der Waals surface area contributed by atoms with E-state index in [-0.39, 0.29) is 11.5 Å². The van der Waals surface area contributed by atoms with Crippen LogP contribution in [0.4, 0.5) is 0 Å². The molecule has 3 heterocycles. The first-order chi connectivity index (χ1) is 11.2. The zero-order valence-electron chi connectivity index (χ0n) is 13.4. The number of carbonyl (C=O) groups is 1. The lowest BCUT2D eigenvalue weighted by molar-refractivity contribution is -0.187. The topological polar surface area (TPSA) is 51.7 Å². The molecule has 0 radical (unpaired) electrons. The van der Waals surface area contributed by atoms with Gasteiger partial charge in [0.2, 0.25) is 0 Å². The van der Waals surface area contributed by atoms with Gasteiger partial charge in [0, 0.05) is 25.0 Å². The number of carbonyl (C=O) groups excluding carboxylic acids is 1. The summed E-state index contributed by atoms with van der Waals surface area (Å²) in [4.78, 5) is 18.2. The minimum Gasteiger partial charge on any atom is -0.378 e. The minimum absolute atomic E-state index is 0.0227. The Morgan fingerprint density at radius 1 is 1.39 bits per heavy atom. The highest BCUT2D eigenvalue weighted by Gasteiger charge is 2.50. The van der Waals surface area contributed by atoms with Crippen molar-refractivity contribution in [3.63, 3.8) is 0 Å². The van der Waals surface area contributed by atoms with Gasteiger partial charge < -0.3 is 14.4 Å². The van der Waals surface area contributed by atoms with Crippen molar-refractivity contribution in [3.8, 4) is 0 Å². The summed E-state index contributed by atoms with van der Waals surface area (Å²) < 4.78 is 12.2. The van der Waals surface area contributed by atoms with Crippen molar-refractivity contribution >= 4 is 17.2 Å². The van der Waals surface area contributed by atoms with Crippen LogP contribution in [0.3, 0.4) is 0 Å². The van der Waals surface area contributed by atoms with Crippen LogP contribution in [0.2, 0.25) is 0 Å². The van der Waals surface area contributed by atoms with Crippen LogP contribution in [0.1, 0.15) is 49.0 Å². The van der Waals surface area contributed by atoms with Gasteiger partial charge in [-0.2, -0.15) is 0 Å². The fourth-order valence-corrected chi connectivity index (χ4v) is 4.59. The minimum atomic E-state index is -0.176. The Hall–Kier alpha value is -0.980. The maximum Gasteiger partial charge on any atom is 0.273 e. The highest BCUT2D eigenvalue weighted by molar-refractivity contribution is 7.07. The number of amides is 1. The molecule has 0 aromatic carbocycles. The molecule has 23 heavy (non-hydrogen) atoms. The normalized spacial score (nSPS) is 27.3. The summed E-state index contributed by atoms with van der Waals surface area (Å²) in [5, 5.41) is 1.81. The van der Waals surface area contributed by atoms with Gasteiger partial charge in [-0.05, 0) is 25.2 Å². The van der Waals surface area contributed by atoms with E-state index < -0.39 is 0 Å². The molecule has 126 valence electrons. The summed E-state index contributed by atoms with van der Waals surface area (Å²) in [6, 6.07) is 0. The average molecular weight is 336 g/mol. The molecular weight excluding hydrogens is 312 g/mol. The molecule has 3 fully saturated rings. The lowest BCUT2D eigenvalue weighted by Gasteiger charge is -2.52. The second-order valence-electron chi connectivity index (χ2n) is 7.16. The number of thiazole rings is 1. The third kappa shape index (κ3) is 3.30. The molecule has 1 spiro atoms. The van der Waals surface area contributed by atoms with Crippen molar-refractivity contribution in [1.82, 2.24) is 9.88 Å². The standard InChI is InChI=1S/C17H24N2O3S/c20-16(15-9-23-12-18-15)19-10-17(11-19)7-14(5-6-22-17)21-8-13-3-1-2-4-13/h9,12-14H,1-8,10-11H2/t14-/m0/s1. The summed E-state index contributed by atoms with van der Waals surface area (Å²) >= 11 is 1.46. The molecule has 0 bridgehead atoms. The van der Waals surface area contributed by atoms with Crippen LogP contribution in [-0.4, -0.2) is 53.8 Å². The van der Waals surface area contributed by atoms with E-state index >= 15 is 0 Å². The van der Waals surface area contributed by atoms with Crippen LogP contribution in [0, 0.1) is 5.92 Å². The Balaban J connectivity index is 1.27. The van der Waals surface area contributed by atoms with Gasteiger partial charge >= 0.3 is 0 Å². The Bertz CT molecular complexity index is 536. The van der Waals surface area contributed by atoms with E-state index in [9.17, 15) is 4.79 Å². The van der Waals surface area contributed by atoms with Gasteiger partial charge in [-0.1, -0.05) is 12.8 Å². The molecule has 1 aromatic heterocycles. The number of nitrogens with zero attached hydrogens (tertiary/aromatic N) is 2. The molecule has 4 rings (SSSR count). The molecule has 3 aliphatic rings. The number of ether oxygens (including phenoxy) is 2. The van der Waals surface area contributed by atoms with Gasteiger partial charge in [-0.25, -0.2) is 4.98 Å². The van der Waals surface area contributed by atoms with E-state index in [2.05, 4.69) is 4.98 Å². The molecule has 0 unspecified atom stereocenters. The van der Waals surface area contributed by atoms with E-state index in [4.69, 9.17) is 9.47 Å². The van der Waals surface area contributed by atoms with E-state index in [1.165, 1.54) is 37.0 Å². The average Bonchev–Trinajstić information content (AvgIpc) is 3.23. The molecule has 1 aromatic rings. The molecule has 0 N–H and O–H groups in total. The fourth-order valence-electron chi connectivity index (χ4n) is 4.07. The number of hydrogen-bond acceptors (Lipinski definition) is 5. The molecule has 1 atom stereocenters. The van der Waals surface area contributed by atoms with Crippen molar-refractivity contribution in [2.45, 2.75) is 50.2 Å². The Morgan fingerprint density at radius 3 is 2.96 bits per heavy atom. The van der Waals surface area contributed by atoms with E-state index in [1.807, 2.05) is 10.3 Å². The zero-order chi connectivity index (χ0) is 15.7. The van der Waals surface area contributed by atoms with Crippen molar-refractivity contribution in [2.75, 3.05) is 26.3 Å². The largest absolute Gasteiger partial charge is 0.378 e. The first kappa shape index (κ1) is 15.5. The summed E-state index contributed by atoms with van der Waals surface area (Å²) in [7, 11) is 0. The van der Waals surface area contributed by atoms with Gasteiger partial charge in [0.25, 0.3) is 5.91 Å². The van der Waals surface area contributed by atoms with Gasteiger partial charge in [-0.15, -0.1) is 11.3 Å². The predicted molar refractivity (Wildman–Crippen MR) is 87.6 cm³/mol. The predicted octanol–water partition coefficient (Wildman–Crippen LogP) is 2.72. The molecule has 1 amide bonds. The lowest BCUT2D eigenvalue weighted by atomic mass is 9.84. The Labute approximate surface area is 141 Å². The van der Waals surface area contributed by atoms with E-state index in [1.54, 1.807) is 5.51 Å². The van der Waals surface area contributed by atoms with Crippen molar-refractivity contribution < 1.29 is 14.3 Å². The molecule has 2 aliphatic heterocycles. The number of rotatable bonds is 4. The van der Waals surface area contributed by atoms with Crippen LogP contribution in [-0.2, 0) is 9.47 Å². The van der Waals surface area contributed by atoms with Gasteiger partial charge in [0.05, 0.1) is 24.7 Å². The first-order valence-electron chi connectivity index (χ1n) is 8.67. The van der Waals surface area contributed by atoms with Crippen LogP contribution < -0.4 is 0 Å². The quantitative estimate of drug-likeness (QED) is 0.848. The molecule has 5 nitrogen and oxygen atoms in total. The van der Waals surface area contributed by atoms with E-state index in [0.29, 0.717) is 24.9 Å². The Morgan fingerprint density at radius 2 is 2.22 bits per heavy atom. The van der Waals surface area contributed by atoms with Gasteiger partial charge in [0.1, 0.15) is 11.3 Å². The smallest absolute Gasteiger partial charge is 0.273 e. The third-order valence-corrected chi connectivity index (χ3v) is 5.97. The highest BCUT2D eigenvalue weighted by atomic mass is 32.1. The van der Waals surface area contributed by atoms with Crippen LogP contribution in [0.25, 0.3) is 0 Å². The van der Waals surface area contributed by atoms with Crippen molar-refractivity contribution in [2.24, 2.45) is 5.92 Å². The third-order valence-electron chi connectivity index (χ3n) is 5.39. The molecule has 1 aliphatic carbocycles. The van der Waals surface area contributed by atoms with Crippen LogP contribution in [0.5, 0.6) is 0 Å². The maximum absolute atomic E-state index is 12.3. The van der Waals surface area contributed by atoms with Gasteiger partial charge in [0.15, 0.2) is 0 Å². The first-order valence-corrected chi connectivity index (χ1v) is 9.61. The number of aromatic nitrogens is 1. The van der Waals surface area contributed by atoms with Crippen molar-refractivity contribution in [3.05, 3.63) is 16.6 Å². The highest BCUT2D eigenvalue weighted by Crippen LogP contribution is 2.36. The molecule has 6 heteroatoms. The second kappa shape index (κ2) is 6.49. The summed E-state index contributed by atoms with van der Waals surface area (Å²) in [5.41, 5.74) is 2.08. The summed E-state index contributed by atoms with van der Waals surface area (Å²) in [6.07, 6.45) is 7.56. The summed E-state index contributed by atoms with van der Waals surface area (Å²) in [5.74, 6) is 0.785. The van der Waals surface area contributed by atoms with E-state index in [0.717, 1.165) is 32.0 Å². The van der Waals surface area contributed by atoms with Crippen LogP contribution in [0.15, 0.2) is 10.9 Å². The summed E-state index contributed by atoms with van der Waals surface area (Å²) in [6.45, 7) is 3.00. The number of likely N-dealkylation sites (tertiary alicyclic amines) is 1. The van der Waals surface area contributed by atoms with Gasteiger partial charge in [-0.3, -0.25) is 4.79 Å². The molecule has 2 saturated heterocycles.